The predicted octanol–water partition coefficient (Wildman–Crippen LogP) is 4.04. The Morgan fingerprint density at radius 3 is 2.37 bits per heavy atom. The van der Waals surface area contributed by atoms with Gasteiger partial charge in [0.2, 0.25) is 5.91 Å². The van der Waals surface area contributed by atoms with Crippen molar-refractivity contribution in [1.82, 2.24) is 9.80 Å². The minimum absolute atomic E-state index is 0.0919. The van der Waals surface area contributed by atoms with Crippen LogP contribution in [0.1, 0.15) is 57.9 Å². The van der Waals surface area contributed by atoms with E-state index in [0.29, 0.717) is 19.0 Å². The molecule has 0 aromatic heterocycles. The summed E-state index contributed by atoms with van der Waals surface area (Å²) in [6, 6.07) is 10.6. The van der Waals surface area contributed by atoms with Crippen LogP contribution in [0.5, 0.6) is 0 Å². The number of carbonyl (C=O) groups is 2. The lowest BCUT2D eigenvalue weighted by atomic mass is 9.92. The van der Waals surface area contributed by atoms with Gasteiger partial charge < -0.3 is 14.5 Å². The van der Waals surface area contributed by atoms with Crippen LogP contribution in [0.3, 0.4) is 0 Å². The zero-order valence-electron chi connectivity index (χ0n) is 16.8. The highest BCUT2D eigenvalue weighted by molar-refractivity contribution is 5.80. The van der Waals surface area contributed by atoms with Crippen LogP contribution in [-0.4, -0.2) is 53.6 Å². The van der Waals surface area contributed by atoms with Crippen molar-refractivity contribution in [2.24, 2.45) is 5.92 Å². The lowest BCUT2D eigenvalue weighted by molar-refractivity contribution is -0.135. The first-order valence-electron chi connectivity index (χ1n) is 10.1. The summed E-state index contributed by atoms with van der Waals surface area (Å²) in [5.74, 6) is 0.645. The third-order valence-corrected chi connectivity index (χ3v) is 5.50. The Bertz CT molecular complexity index is 653. The van der Waals surface area contributed by atoms with Crippen molar-refractivity contribution in [3.8, 4) is 0 Å². The summed E-state index contributed by atoms with van der Waals surface area (Å²) in [7, 11) is 0. The van der Waals surface area contributed by atoms with Gasteiger partial charge in [-0.2, -0.15) is 0 Å². The van der Waals surface area contributed by atoms with E-state index >= 15 is 0 Å². The number of carbonyl (C=O) groups excluding carboxylic acids is 2. The second kappa shape index (κ2) is 8.32. The Kier molecular flexibility index (Phi) is 6.08. The second-order valence-electron chi connectivity index (χ2n) is 8.78. The maximum Gasteiger partial charge on any atom is 0.410 e. The molecule has 2 aliphatic rings. The maximum absolute atomic E-state index is 13.0. The molecule has 5 heteroatoms. The van der Waals surface area contributed by atoms with Crippen molar-refractivity contribution in [3.63, 3.8) is 0 Å². The van der Waals surface area contributed by atoms with E-state index in [4.69, 9.17) is 4.74 Å². The molecule has 148 valence electrons. The Hall–Kier alpha value is -2.04. The SMILES string of the molecule is CC(C)(C)OC(=O)N1CCC(C(=O)N2CCCC(c3ccccc3)CC2)C1. The minimum Gasteiger partial charge on any atom is -0.444 e. The van der Waals surface area contributed by atoms with Crippen LogP contribution < -0.4 is 0 Å². The van der Waals surface area contributed by atoms with E-state index in [0.717, 1.165) is 38.8 Å². The summed E-state index contributed by atoms with van der Waals surface area (Å²) >= 11 is 0. The predicted molar refractivity (Wildman–Crippen MR) is 106 cm³/mol. The molecule has 0 saturated carbocycles. The smallest absolute Gasteiger partial charge is 0.410 e. The Morgan fingerprint density at radius 2 is 1.67 bits per heavy atom. The maximum atomic E-state index is 13.0. The van der Waals surface area contributed by atoms with Gasteiger partial charge in [0.05, 0.1) is 5.92 Å². The molecule has 2 saturated heterocycles. The van der Waals surface area contributed by atoms with Gasteiger partial charge in [-0.1, -0.05) is 30.3 Å². The van der Waals surface area contributed by atoms with Gasteiger partial charge in [0, 0.05) is 26.2 Å². The van der Waals surface area contributed by atoms with Crippen LogP contribution in [-0.2, 0) is 9.53 Å². The van der Waals surface area contributed by atoms with E-state index in [1.807, 2.05) is 31.7 Å². The molecular weight excluding hydrogens is 340 g/mol. The van der Waals surface area contributed by atoms with Gasteiger partial charge in [0.25, 0.3) is 0 Å². The van der Waals surface area contributed by atoms with Crippen LogP contribution in [0.4, 0.5) is 4.79 Å². The molecule has 1 aromatic carbocycles. The third-order valence-electron chi connectivity index (χ3n) is 5.50. The highest BCUT2D eigenvalue weighted by atomic mass is 16.6. The average Bonchev–Trinajstić information content (AvgIpc) is 2.99. The standard InChI is InChI=1S/C22H32N2O3/c1-22(2,3)27-21(26)24-15-12-19(16-24)20(25)23-13-7-10-18(11-14-23)17-8-5-4-6-9-17/h4-6,8-9,18-19H,7,10-16H2,1-3H3. The molecule has 3 rings (SSSR count). The molecule has 27 heavy (non-hydrogen) atoms. The van der Waals surface area contributed by atoms with E-state index < -0.39 is 5.60 Å². The molecule has 0 aliphatic carbocycles. The van der Waals surface area contributed by atoms with E-state index in [-0.39, 0.29) is 17.9 Å². The van der Waals surface area contributed by atoms with Crippen LogP contribution in [0.2, 0.25) is 0 Å². The Balaban J connectivity index is 1.53. The molecule has 1 aromatic rings. The van der Waals surface area contributed by atoms with Crippen molar-refractivity contribution < 1.29 is 14.3 Å². The lowest BCUT2D eigenvalue weighted by Gasteiger charge is -2.26. The van der Waals surface area contributed by atoms with E-state index in [1.54, 1.807) is 4.90 Å². The summed E-state index contributed by atoms with van der Waals surface area (Å²) in [6.07, 6.45) is 3.60. The lowest BCUT2D eigenvalue weighted by Crippen LogP contribution is -2.40. The van der Waals surface area contributed by atoms with Gasteiger partial charge in [0.15, 0.2) is 0 Å². The van der Waals surface area contributed by atoms with Crippen LogP contribution in [0.25, 0.3) is 0 Å². The molecule has 2 fully saturated rings. The fourth-order valence-electron chi connectivity index (χ4n) is 4.09. The summed E-state index contributed by atoms with van der Waals surface area (Å²) in [5, 5.41) is 0. The topological polar surface area (TPSA) is 49.9 Å². The molecule has 2 aliphatic heterocycles. The molecule has 0 spiro atoms. The number of likely N-dealkylation sites (tertiary alicyclic amines) is 2. The summed E-state index contributed by atoms with van der Waals surface area (Å²) in [6.45, 7) is 8.31. The number of ether oxygens (including phenoxy) is 1. The highest BCUT2D eigenvalue weighted by Gasteiger charge is 2.36. The molecule has 2 amide bonds. The number of nitrogens with zero attached hydrogens (tertiary/aromatic N) is 2. The largest absolute Gasteiger partial charge is 0.444 e. The first kappa shape index (κ1) is 19.7. The molecule has 0 bridgehead atoms. The summed E-state index contributed by atoms with van der Waals surface area (Å²) < 4.78 is 5.44. The van der Waals surface area contributed by atoms with Crippen LogP contribution in [0.15, 0.2) is 30.3 Å². The number of hydrogen-bond acceptors (Lipinski definition) is 3. The molecule has 5 nitrogen and oxygen atoms in total. The summed E-state index contributed by atoms with van der Waals surface area (Å²) in [5.41, 5.74) is 0.875. The summed E-state index contributed by atoms with van der Waals surface area (Å²) in [4.78, 5) is 28.9. The van der Waals surface area contributed by atoms with Crippen molar-refractivity contribution in [2.75, 3.05) is 26.2 Å². The van der Waals surface area contributed by atoms with E-state index in [2.05, 4.69) is 24.3 Å². The molecule has 2 unspecified atom stereocenters. The van der Waals surface area contributed by atoms with Crippen LogP contribution in [0, 0.1) is 5.92 Å². The van der Waals surface area contributed by atoms with Gasteiger partial charge in [-0.05, 0) is 57.9 Å². The third kappa shape index (κ3) is 5.24. The van der Waals surface area contributed by atoms with E-state index in [1.165, 1.54) is 5.56 Å². The monoisotopic (exact) mass is 372 g/mol. The molecule has 0 N–H and O–H groups in total. The fourth-order valence-corrected chi connectivity index (χ4v) is 4.09. The molecule has 2 heterocycles. The van der Waals surface area contributed by atoms with Gasteiger partial charge in [0.1, 0.15) is 5.60 Å². The fraction of sp³-hybridized carbons (Fsp3) is 0.636. The normalized spacial score (nSPS) is 23.8. The quantitative estimate of drug-likeness (QED) is 0.787. The minimum atomic E-state index is -0.504. The second-order valence-corrected chi connectivity index (χ2v) is 8.78. The van der Waals surface area contributed by atoms with Gasteiger partial charge in [-0.15, -0.1) is 0 Å². The zero-order chi connectivity index (χ0) is 19.4. The first-order valence-corrected chi connectivity index (χ1v) is 10.1. The van der Waals surface area contributed by atoms with Gasteiger partial charge in [-0.25, -0.2) is 4.79 Å². The Morgan fingerprint density at radius 1 is 0.963 bits per heavy atom. The Labute approximate surface area is 162 Å². The average molecular weight is 373 g/mol. The number of benzene rings is 1. The van der Waals surface area contributed by atoms with Crippen molar-refractivity contribution in [1.29, 1.82) is 0 Å². The van der Waals surface area contributed by atoms with Crippen LogP contribution >= 0.6 is 0 Å². The number of hydrogen-bond donors (Lipinski definition) is 0. The van der Waals surface area contributed by atoms with Gasteiger partial charge >= 0.3 is 6.09 Å². The molecule has 2 atom stereocenters. The molecular formula is C22H32N2O3. The number of rotatable bonds is 2. The van der Waals surface area contributed by atoms with Crippen molar-refractivity contribution >= 4 is 12.0 Å². The first-order chi connectivity index (χ1) is 12.8. The van der Waals surface area contributed by atoms with Crippen molar-refractivity contribution in [2.45, 2.75) is 58.0 Å². The molecule has 0 radical (unpaired) electrons. The zero-order valence-corrected chi connectivity index (χ0v) is 16.8. The highest BCUT2D eigenvalue weighted by Crippen LogP contribution is 2.29. The van der Waals surface area contributed by atoms with Crippen molar-refractivity contribution in [3.05, 3.63) is 35.9 Å². The van der Waals surface area contributed by atoms with E-state index in [9.17, 15) is 9.59 Å². The number of amides is 2. The van der Waals surface area contributed by atoms with Gasteiger partial charge in [-0.3, -0.25) is 4.79 Å².